The van der Waals surface area contributed by atoms with Gasteiger partial charge in [-0.25, -0.2) is 0 Å². The number of carbonyl (C=O) groups excluding carboxylic acids is 1. The first-order valence-corrected chi connectivity index (χ1v) is 5.46. The third kappa shape index (κ3) is 2.01. The Morgan fingerprint density at radius 3 is 2.93 bits per heavy atom. The van der Waals surface area contributed by atoms with Gasteiger partial charge in [0.15, 0.2) is 0 Å². The van der Waals surface area contributed by atoms with E-state index in [9.17, 15) is 4.79 Å². The zero-order chi connectivity index (χ0) is 10.8. The first-order chi connectivity index (χ1) is 7.18. The number of rotatable bonds is 2. The summed E-state index contributed by atoms with van der Waals surface area (Å²) in [4.78, 5) is 11.2. The summed E-state index contributed by atoms with van der Waals surface area (Å²) in [5, 5.41) is 0. The van der Waals surface area contributed by atoms with E-state index in [1.807, 2.05) is 0 Å². The first kappa shape index (κ1) is 10.2. The molecule has 2 rings (SSSR count). The Bertz CT molecular complexity index is 427. The molecule has 0 aliphatic heterocycles. The van der Waals surface area contributed by atoms with E-state index in [2.05, 4.69) is 31.2 Å². The van der Waals surface area contributed by atoms with Crippen molar-refractivity contribution in [3.8, 4) is 0 Å². The number of allylic oxidation sites excluding steroid dienone is 2. The van der Waals surface area contributed by atoms with Gasteiger partial charge >= 0.3 is 0 Å². The maximum Gasteiger partial charge on any atom is 0.134 e. The van der Waals surface area contributed by atoms with Gasteiger partial charge in [0.05, 0.1) is 0 Å². The quantitative estimate of drug-likeness (QED) is 0.715. The number of carbonyl (C=O) groups is 1. The van der Waals surface area contributed by atoms with Crippen molar-refractivity contribution in [1.29, 1.82) is 0 Å². The maximum atomic E-state index is 11.2. The fourth-order valence-electron chi connectivity index (χ4n) is 2.27. The molecular weight excluding hydrogens is 184 g/mol. The van der Waals surface area contributed by atoms with Crippen molar-refractivity contribution < 1.29 is 4.79 Å². The molecule has 0 amide bonds. The lowest BCUT2D eigenvalue weighted by molar-refractivity contribution is -0.116. The van der Waals surface area contributed by atoms with Gasteiger partial charge < -0.3 is 0 Å². The molecule has 1 nitrogen and oxygen atoms in total. The van der Waals surface area contributed by atoms with Crippen LogP contribution in [0.15, 0.2) is 24.3 Å². The van der Waals surface area contributed by atoms with E-state index < -0.39 is 0 Å². The summed E-state index contributed by atoms with van der Waals surface area (Å²) in [5.41, 5.74) is 5.28. The average molecular weight is 200 g/mol. The van der Waals surface area contributed by atoms with Crippen molar-refractivity contribution in [2.45, 2.75) is 33.1 Å². The average Bonchev–Trinajstić information content (AvgIpc) is 2.19. The topological polar surface area (TPSA) is 17.1 Å². The van der Waals surface area contributed by atoms with Gasteiger partial charge in [0.25, 0.3) is 0 Å². The smallest absolute Gasteiger partial charge is 0.134 e. The van der Waals surface area contributed by atoms with Crippen molar-refractivity contribution in [3.05, 3.63) is 41.0 Å². The number of hydrogen-bond donors (Lipinski definition) is 0. The number of ketones is 1. The molecule has 1 aromatic carbocycles. The summed E-state index contributed by atoms with van der Waals surface area (Å²) in [6.07, 6.45) is 4.98. The van der Waals surface area contributed by atoms with Gasteiger partial charge in [0, 0.05) is 6.42 Å². The van der Waals surface area contributed by atoms with E-state index in [0.29, 0.717) is 6.42 Å². The van der Waals surface area contributed by atoms with Crippen LogP contribution in [-0.2, 0) is 11.2 Å². The summed E-state index contributed by atoms with van der Waals surface area (Å²) in [6, 6.07) is 6.36. The molecule has 0 atom stereocenters. The van der Waals surface area contributed by atoms with Crippen LogP contribution in [0, 0.1) is 6.92 Å². The van der Waals surface area contributed by atoms with Crippen molar-refractivity contribution >= 4 is 11.4 Å². The lowest BCUT2D eigenvalue weighted by Crippen LogP contribution is -2.04. The zero-order valence-corrected chi connectivity index (χ0v) is 9.34. The Labute approximate surface area is 90.8 Å². The second kappa shape index (κ2) is 4.01. The van der Waals surface area contributed by atoms with E-state index in [-0.39, 0.29) is 5.78 Å². The molecule has 0 N–H and O–H groups in total. The Hall–Kier alpha value is -1.37. The summed E-state index contributed by atoms with van der Waals surface area (Å²) in [6.45, 7) is 3.81. The Balaban J connectivity index is 2.42. The standard InChI is InChI=1S/C14H16O/c1-10-5-3-8-14-12(9-11(2)15)6-4-7-13(10)14/h3,5-6,8H,4,7,9H2,1-2H3. The fourth-order valence-corrected chi connectivity index (χ4v) is 2.27. The Morgan fingerprint density at radius 1 is 1.40 bits per heavy atom. The number of aryl methyl sites for hydroxylation is 1. The minimum absolute atomic E-state index is 0.246. The van der Waals surface area contributed by atoms with Crippen LogP contribution in [0.5, 0.6) is 0 Å². The van der Waals surface area contributed by atoms with E-state index >= 15 is 0 Å². The maximum absolute atomic E-state index is 11.2. The van der Waals surface area contributed by atoms with Crippen LogP contribution in [0.1, 0.15) is 36.5 Å². The molecule has 0 aromatic heterocycles. The van der Waals surface area contributed by atoms with Gasteiger partial charge in [-0.2, -0.15) is 0 Å². The highest BCUT2D eigenvalue weighted by atomic mass is 16.1. The molecule has 0 spiro atoms. The highest BCUT2D eigenvalue weighted by Crippen LogP contribution is 2.30. The van der Waals surface area contributed by atoms with Crippen LogP contribution in [-0.4, -0.2) is 5.78 Å². The third-order valence-electron chi connectivity index (χ3n) is 2.98. The SMILES string of the molecule is CC(=O)CC1=CCCc2c(C)cccc21. The van der Waals surface area contributed by atoms with Gasteiger partial charge in [0.2, 0.25) is 0 Å². The minimum atomic E-state index is 0.246. The monoisotopic (exact) mass is 200 g/mol. The summed E-state index contributed by atoms with van der Waals surface area (Å²) in [7, 11) is 0. The van der Waals surface area contributed by atoms with E-state index in [1.54, 1.807) is 6.92 Å². The summed E-state index contributed by atoms with van der Waals surface area (Å²) in [5.74, 6) is 0.246. The van der Waals surface area contributed by atoms with Crippen molar-refractivity contribution in [3.63, 3.8) is 0 Å². The predicted molar refractivity (Wildman–Crippen MR) is 62.8 cm³/mol. The van der Waals surface area contributed by atoms with E-state index in [1.165, 1.54) is 22.3 Å². The second-order valence-corrected chi connectivity index (χ2v) is 4.25. The first-order valence-electron chi connectivity index (χ1n) is 5.46. The highest BCUT2D eigenvalue weighted by molar-refractivity contribution is 5.89. The van der Waals surface area contributed by atoms with Crippen molar-refractivity contribution in [2.24, 2.45) is 0 Å². The highest BCUT2D eigenvalue weighted by Gasteiger charge is 2.14. The molecule has 0 fully saturated rings. The van der Waals surface area contributed by atoms with Gasteiger partial charge in [-0.15, -0.1) is 0 Å². The lowest BCUT2D eigenvalue weighted by atomic mass is 9.86. The molecule has 0 bridgehead atoms. The van der Waals surface area contributed by atoms with Crippen LogP contribution in [0.25, 0.3) is 5.57 Å². The Morgan fingerprint density at radius 2 is 2.20 bits per heavy atom. The van der Waals surface area contributed by atoms with Crippen molar-refractivity contribution in [1.82, 2.24) is 0 Å². The van der Waals surface area contributed by atoms with Crippen LogP contribution in [0.4, 0.5) is 0 Å². The van der Waals surface area contributed by atoms with Crippen molar-refractivity contribution in [2.75, 3.05) is 0 Å². The summed E-state index contributed by atoms with van der Waals surface area (Å²) >= 11 is 0. The predicted octanol–water partition coefficient (Wildman–Crippen LogP) is 3.30. The van der Waals surface area contributed by atoms with Crippen LogP contribution in [0.3, 0.4) is 0 Å². The molecule has 1 heteroatoms. The largest absolute Gasteiger partial charge is 0.300 e. The third-order valence-corrected chi connectivity index (χ3v) is 2.98. The molecule has 1 aliphatic rings. The molecule has 0 unspecified atom stereocenters. The number of fused-ring (bicyclic) bond motifs is 1. The molecule has 0 saturated carbocycles. The van der Waals surface area contributed by atoms with Gasteiger partial charge in [0.1, 0.15) is 5.78 Å². The van der Waals surface area contributed by atoms with Crippen LogP contribution < -0.4 is 0 Å². The minimum Gasteiger partial charge on any atom is -0.300 e. The lowest BCUT2D eigenvalue weighted by Gasteiger charge is -2.19. The van der Waals surface area contributed by atoms with E-state index in [0.717, 1.165) is 12.8 Å². The Kier molecular flexibility index (Phi) is 2.72. The number of hydrogen-bond acceptors (Lipinski definition) is 1. The second-order valence-electron chi connectivity index (χ2n) is 4.25. The fraction of sp³-hybridized carbons (Fsp3) is 0.357. The van der Waals surface area contributed by atoms with Crippen LogP contribution >= 0.6 is 0 Å². The van der Waals surface area contributed by atoms with Crippen LogP contribution in [0.2, 0.25) is 0 Å². The molecule has 1 aliphatic carbocycles. The zero-order valence-electron chi connectivity index (χ0n) is 9.34. The molecule has 0 radical (unpaired) electrons. The molecule has 0 saturated heterocycles. The van der Waals surface area contributed by atoms with Gasteiger partial charge in [-0.05, 0) is 49.0 Å². The van der Waals surface area contributed by atoms with Gasteiger partial charge in [-0.1, -0.05) is 24.3 Å². The molecule has 0 heterocycles. The summed E-state index contributed by atoms with van der Waals surface area (Å²) < 4.78 is 0. The van der Waals surface area contributed by atoms with Gasteiger partial charge in [-0.3, -0.25) is 4.79 Å². The number of benzene rings is 1. The normalized spacial score (nSPS) is 14.4. The molecule has 78 valence electrons. The molecule has 15 heavy (non-hydrogen) atoms. The molecule has 1 aromatic rings. The number of Topliss-reactive ketones (excluding diaryl/α,β-unsaturated/α-hetero) is 1. The van der Waals surface area contributed by atoms with E-state index in [4.69, 9.17) is 0 Å². The molecular formula is C14H16O.